The monoisotopic (exact) mass is 275 g/mol. The van der Waals surface area contributed by atoms with Crippen LogP contribution >= 0.6 is 12.2 Å². The van der Waals surface area contributed by atoms with Gasteiger partial charge in [-0.25, -0.2) is 0 Å². The molecule has 0 radical (unpaired) electrons. The van der Waals surface area contributed by atoms with E-state index in [4.69, 9.17) is 5.73 Å². The van der Waals surface area contributed by atoms with Crippen LogP contribution in [0.4, 0.5) is 0 Å². The molecular weight excluding hydrogens is 262 g/mol. The van der Waals surface area contributed by atoms with E-state index < -0.39 is 0 Å². The zero-order chi connectivity index (χ0) is 14.0. The number of hydrazone groups is 1. The molecule has 0 spiro atoms. The number of Topliss-reactive ketones (excluding diaryl/α,β-unsaturated/α-hetero) is 1. The molecule has 98 valence electrons. The zero-order valence-electron chi connectivity index (χ0n) is 10.3. The van der Waals surface area contributed by atoms with Crippen LogP contribution in [0, 0.1) is 0 Å². The van der Waals surface area contributed by atoms with E-state index in [2.05, 4.69) is 22.7 Å². The van der Waals surface area contributed by atoms with Gasteiger partial charge >= 0.3 is 0 Å². The molecule has 1 aliphatic carbocycles. The van der Waals surface area contributed by atoms with Crippen LogP contribution in [-0.2, 0) is 0 Å². The lowest BCUT2D eigenvalue weighted by atomic mass is 10.0. The second kappa shape index (κ2) is 5.19. The topological polar surface area (TPSA) is 87.7 Å². The van der Waals surface area contributed by atoms with E-state index in [9.17, 15) is 9.90 Å². The van der Waals surface area contributed by atoms with Gasteiger partial charge in [0.25, 0.3) is 0 Å². The van der Waals surface area contributed by atoms with Crippen molar-refractivity contribution in [1.82, 2.24) is 5.43 Å². The van der Waals surface area contributed by atoms with Gasteiger partial charge in [0.05, 0.1) is 11.3 Å². The van der Waals surface area contributed by atoms with Gasteiger partial charge < -0.3 is 10.8 Å². The minimum atomic E-state index is -0.238. The maximum atomic E-state index is 12.3. The van der Waals surface area contributed by atoms with Crippen molar-refractivity contribution in [3.8, 4) is 0 Å². The predicted octanol–water partition coefficient (Wildman–Crippen LogP) is 1.75. The predicted molar refractivity (Wildman–Crippen MR) is 78.0 cm³/mol. The van der Waals surface area contributed by atoms with Crippen molar-refractivity contribution in [1.29, 1.82) is 0 Å². The van der Waals surface area contributed by atoms with E-state index >= 15 is 0 Å². The van der Waals surface area contributed by atoms with Crippen LogP contribution in [0.25, 0.3) is 5.76 Å². The van der Waals surface area contributed by atoms with Gasteiger partial charge in [-0.05, 0) is 18.6 Å². The first-order valence-corrected chi connectivity index (χ1v) is 6.16. The first kappa shape index (κ1) is 13.2. The van der Waals surface area contributed by atoms with Gasteiger partial charge in [-0.3, -0.25) is 10.2 Å². The highest BCUT2D eigenvalue weighted by Crippen LogP contribution is 2.31. The molecule has 1 aliphatic rings. The minimum absolute atomic E-state index is 0.00833. The van der Waals surface area contributed by atoms with Crippen molar-refractivity contribution >= 4 is 34.6 Å². The lowest BCUT2D eigenvalue weighted by Gasteiger charge is -2.05. The van der Waals surface area contributed by atoms with Gasteiger partial charge in [0.15, 0.2) is 10.9 Å². The van der Waals surface area contributed by atoms with Gasteiger partial charge in [-0.1, -0.05) is 31.2 Å². The summed E-state index contributed by atoms with van der Waals surface area (Å²) in [6.07, 6.45) is 0.467. The highest BCUT2D eigenvalue weighted by atomic mass is 32.1. The Morgan fingerprint density at radius 2 is 2.05 bits per heavy atom. The van der Waals surface area contributed by atoms with Crippen molar-refractivity contribution in [2.45, 2.75) is 13.3 Å². The zero-order valence-corrected chi connectivity index (χ0v) is 11.1. The number of rotatable bonds is 3. The number of nitrogens with one attached hydrogen (secondary N) is 1. The first-order valence-electron chi connectivity index (χ1n) is 5.76. The summed E-state index contributed by atoms with van der Waals surface area (Å²) in [6.45, 7) is 1.83. The Morgan fingerprint density at radius 3 is 2.58 bits per heavy atom. The fourth-order valence-corrected chi connectivity index (χ4v) is 2.01. The number of nitrogens with zero attached hydrogens (tertiary/aromatic N) is 1. The molecule has 2 rings (SSSR count). The summed E-state index contributed by atoms with van der Waals surface area (Å²) in [5.74, 6) is -0.288. The highest BCUT2D eigenvalue weighted by Gasteiger charge is 2.31. The summed E-state index contributed by atoms with van der Waals surface area (Å²) in [6, 6.07) is 6.89. The molecule has 0 aromatic heterocycles. The number of fused-ring (bicyclic) bond motifs is 1. The molecule has 0 aliphatic heterocycles. The fourth-order valence-electron chi connectivity index (χ4n) is 1.97. The molecule has 0 bridgehead atoms. The normalized spacial score (nSPS) is 14.6. The number of benzene rings is 1. The number of thiocarbonyl (C=S) groups is 1. The van der Waals surface area contributed by atoms with E-state index in [1.165, 1.54) is 0 Å². The van der Waals surface area contributed by atoms with Crippen LogP contribution in [0.15, 0.2) is 34.9 Å². The van der Waals surface area contributed by atoms with Crippen molar-refractivity contribution < 1.29 is 9.90 Å². The van der Waals surface area contributed by atoms with E-state index in [0.717, 1.165) is 0 Å². The Morgan fingerprint density at radius 1 is 1.42 bits per heavy atom. The van der Waals surface area contributed by atoms with Crippen molar-refractivity contribution in [3.63, 3.8) is 0 Å². The Labute approximate surface area is 115 Å². The summed E-state index contributed by atoms with van der Waals surface area (Å²) >= 11 is 4.66. The van der Waals surface area contributed by atoms with Gasteiger partial charge in [0.1, 0.15) is 5.76 Å². The molecule has 0 unspecified atom stereocenters. The van der Waals surface area contributed by atoms with Crippen LogP contribution in [0.5, 0.6) is 0 Å². The second-order valence-electron chi connectivity index (χ2n) is 3.99. The number of hydrogen-bond donors (Lipinski definition) is 3. The number of nitrogens with two attached hydrogens (primary N) is 1. The molecule has 4 N–H and O–H groups in total. The Kier molecular flexibility index (Phi) is 3.62. The van der Waals surface area contributed by atoms with E-state index in [-0.39, 0.29) is 22.2 Å². The maximum absolute atomic E-state index is 12.3. The molecule has 0 heterocycles. The number of allylic oxidation sites excluding steroid dienone is 1. The average molecular weight is 275 g/mol. The molecule has 19 heavy (non-hydrogen) atoms. The number of aliphatic hydroxyl groups excluding tert-OH is 1. The third kappa shape index (κ3) is 2.34. The van der Waals surface area contributed by atoms with Crippen LogP contribution in [-0.4, -0.2) is 21.7 Å². The number of aliphatic hydroxyl groups is 1. The first-order chi connectivity index (χ1) is 9.06. The summed E-state index contributed by atoms with van der Waals surface area (Å²) in [5.41, 5.74) is 9.37. The van der Waals surface area contributed by atoms with Gasteiger partial charge in [0.2, 0.25) is 0 Å². The molecule has 6 heteroatoms. The van der Waals surface area contributed by atoms with Gasteiger partial charge in [0, 0.05) is 11.1 Å². The molecule has 0 saturated carbocycles. The Hall–Kier alpha value is -2.21. The van der Waals surface area contributed by atoms with E-state index in [1.54, 1.807) is 24.3 Å². The van der Waals surface area contributed by atoms with Crippen LogP contribution < -0.4 is 11.2 Å². The third-order valence-electron chi connectivity index (χ3n) is 2.82. The quantitative estimate of drug-likeness (QED) is 0.444. The molecule has 1 aromatic rings. The number of carbonyl (C=O) groups is 1. The van der Waals surface area contributed by atoms with Crippen LogP contribution in [0.1, 0.15) is 29.3 Å². The number of carbonyl (C=O) groups excluding carboxylic acids is 1. The highest BCUT2D eigenvalue weighted by molar-refractivity contribution is 7.80. The van der Waals surface area contributed by atoms with Crippen molar-refractivity contribution in [3.05, 3.63) is 41.0 Å². The summed E-state index contributed by atoms with van der Waals surface area (Å²) in [5, 5.41) is 14.1. The van der Waals surface area contributed by atoms with E-state index in [1.807, 2.05) is 6.92 Å². The fraction of sp³-hybridized carbons (Fsp3) is 0.154. The number of ketones is 1. The molecular formula is C13H13N3O2S. The van der Waals surface area contributed by atoms with Gasteiger partial charge in [-0.15, -0.1) is 0 Å². The summed E-state index contributed by atoms with van der Waals surface area (Å²) in [7, 11) is 0. The van der Waals surface area contributed by atoms with Crippen molar-refractivity contribution in [2.75, 3.05) is 0 Å². The smallest absolute Gasteiger partial charge is 0.199 e. The van der Waals surface area contributed by atoms with Crippen molar-refractivity contribution in [2.24, 2.45) is 10.8 Å². The number of hydrogen-bond acceptors (Lipinski definition) is 4. The maximum Gasteiger partial charge on any atom is 0.199 e. The lowest BCUT2D eigenvalue weighted by molar-refractivity contribution is 0.104. The SMILES string of the molecule is CC/C(=N\NC(N)=S)C1=C(O)c2ccccc2C1=O. The standard InChI is InChI=1S/C13H13N3O2S/c1-2-9(15-16-13(14)19)10-11(17)7-5-3-4-6-8(7)12(10)18/h3-6,17H,2H2,1H3,(H3,14,16,19)/b15-9+. The molecule has 0 saturated heterocycles. The van der Waals surface area contributed by atoms with Crippen LogP contribution in [0.2, 0.25) is 0 Å². The summed E-state index contributed by atoms with van der Waals surface area (Å²) < 4.78 is 0. The molecule has 1 aromatic carbocycles. The third-order valence-corrected chi connectivity index (χ3v) is 2.91. The molecule has 5 nitrogen and oxygen atoms in total. The largest absolute Gasteiger partial charge is 0.506 e. The van der Waals surface area contributed by atoms with Crippen LogP contribution in [0.3, 0.4) is 0 Å². The molecule has 0 atom stereocenters. The average Bonchev–Trinajstić information content (AvgIpc) is 2.65. The Balaban J connectivity index is 2.46. The lowest BCUT2D eigenvalue weighted by Crippen LogP contribution is -2.26. The molecule has 0 amide bonds. The second-order valence-corrected chi connectivity index (χ2v) is 4.43. The Bertz CT molecular complexity index is 620. The molecule has 0 fully saturated rings. The minimum Gasteiger partial charge on any atom is -0.506 e. The summed E-state index contributed by atoms with van der Waals surface area (Å²) in [4.78, 5) is 12.3. The van der Waals surface area contributed by atoms with Gasteiger partial charge in [-0.2, -0.15) is 5.10 Å². The van der Waals surface area contributed by atoms with E-state index in [0.29, 0.717) is 23.3 Å².